The van der Waals surface area contributed by atoms with Crippen molar-refractivity contribution in [2.24, 2.45) is 5.92 Å². The van der Waals surface area contributed by atoms with E-state index in [-0.39, 0.29) is 0 Å². The van der Waals surface area contributed by atoms with E-state index in [1.807, 2.05) is 0 Å². The van der Waals surface area contributed by atoms with Crippen molar-refractivity contribution in [1.29, 1.82) is 0 Å². The average Bonchev–Trinajstić information content (AvgIpc) is 2.29. The molecule has 2 N–H and O–H groups in total. The normalized spacial score (nSPS) is 36.2. The number of aryl methyl sites for hydroxylation is 2. The van der Waals surface area contributed by atoms with Crippen LogP contribution in [0.4, 0.5) is 0 Å². The third kappa shape index (κ3) is 1.71. The Morgan fingerprint density at radius 3 is 2.47 bits per heavy atom. The minimum Gasteiger partial charge on any atom is -0.379 e. The molecule has 92 valence electrons. The van der Waals surface area contributed by atoms with Crippen LogP contribution in [0.1, 0.15) is 29.5 Å². The molecule has 3 aliphatic rings. The molecule has 1 aromatic rings. The second-order valence-corrected chi connectivity index (χ2v) is 5.94. The number of benzene rings is 1. The molecular weight excluding hydrogens is 210 g/mol. The predicted molar refractivity (Wildman–Crippen MR) is 68.1 cm³/mol. The van der Waals surface area contributed by atoms with Gasteiger partial charge in [-0.25, -0.2) is 0 Å². The van der Waals surface area contributed by atoms with E-state index >= 15 is 0 Å². The minimum atomic E-state index is -0.566. The molecule has 0 aromatic heterocycles. The van der Waals surface area contributed by atoms with E-state index in [4.69, 9.17) is 0 Å². The van der Waals surface area contributed by atoms with Gasteiger partial charge in [-0.3, -0.25) is 0 Å². The highest BCUT2D eigenvalue weighted by molar-refractivity contribution is 5.35. The zero-order valence-corrected chi connectivity index (χ0v) is 10.8. The van der Waals surface area contributed by atoms with Crippen molar-refractivity contribution in [2.75, 3.05) is 19.6 Å². The molecule has 3 fully saturated rings. The average molecular weight is 232 g/mol. The molecule has 3 heterocycles. The van der Waals surface area contributed by atoms with Crippen molar-refractivity contribution in [3.63, 3.8) is 0 Å². The van der Waals surface area contributed by atoms with E-state index in [2.05, 4.69) is 32.0 Å². The Morgan fingerprint density at radius 2 is 1.94 bits per heavy atom. The lowest BCUT2D eigenvalue weighted by atomic mass is 9.70. The lowest BCUT2D eigenvalue weighted by Crippen LogP contribution is -3.17. The van der Waals surface area contributed by atoms with E-state index in [0.717, 1.165) is 6.54 Å². The number of fused-ring (bicyclic) bond motifs is 3. The van der Waals surface area contributed by atoms with Gasteiger partial charge in [0, 0.05) is 18.8 Å². The molecule has 2 heteroatoms. The van der Waals surface area contributed by atoms with Gasteiger partial charge >= 0.3 is 0 Å². The van der Waals surface area contributed by atoms with E-state index in [1.54, 1.807) is 4.90 Å². The Hall–Kier alpha value is -0.860. The predicted octanol–water partition coefficient (Wildman–Crippen LogP) is 0.800. The zero-order valence-electron chi connectivity index (χ0n) is 10.8. The molecular formula is C15H22NO+. The number of hydrogen-bond acceptors (Lipinski definition) is 1. The molecule has 4 rings (SSSR count). The fraction of sp³-hybridized carbons (Fsp3) is 0.600. The quantitative estimate of drug-likeness (QED) is 0.735. The monoisotopic (exact) mass is 232 g/mol. The van der Waals surface area contributed by atoms with Gasteiger partial charge < -0.3 is 10.0 Å². The summed E-state index contributed by atoms with van der Waals surface area (Å²) < 4.78 is 0. The van der Waals surface area contributed by atoms with Gasteiger partial charge in [0.15, 0.2) is 0 Å². The first-order chi connectivity index (χ1) is 8.09. The summed E-state index contributed by atoms with van der Waals surface area (Å²) in [5.41, 5.74) is 3.14. The van der Waals surface area contributed by atoms with Gasteiger partial charge in [-0.15, -0.1) is 0 Å². The molecule has 1 atom stereocenters. The highest BCUT2D eigenvalue weighted by atomic mass is 16.3. The van der Waals surface area contributed by atoms with Crippen molar-refractivity contribution < 1.29 is 10.0 Å². The smallest absolute Gasteiger partial charge is 0.142 e. The maximum atomic E-state index is 11.1. The van der Waals surface area contributed by atoms with E-state index in [0.29, 0.717) is 5.92 Å². The molecule has 2 bridgehead atoms. The molecule has 3 aliphatic heterocycles. The van der Waals surface area contributed by atoms with E-state index < -0.39 is 5.60 Å². The van der Waals surface area contributed by atoms with Gasteiger partial charge in [-0.05, 0) is 25.0 Å². The van der Waals surface area contributed by atoms with Gasteiger partial charge in [0.05, 0.1) is 13.1 Å². The molecule has 2 nitrogen and oxygen atoms in total. The molecule has 0 saturated carbocycles. The molecule has 0 radical (unpaired) electrons. The highest BCUT2D eigenvalue weighted by Gasteiger charge is 2.49. The number of rotatable bonds is 1. The molecule has 3 saturated heterocycles. The van der Waals surface area contributed by atoms with Crippen molar-refractivity contribution in [3.05, 3.63) is 34.9 Å². The largest absolute Gasteiger partial charge is 0.379 e. The Balaban J connectivity index is 2.02. The first kappa shape index (κ1) is 11.2. The SMILES string of the molecule is Cc1ccc([C@@]2(O)C[NH+]3CCC2CC3)c(C)c1. The van der Waals surface area contributed by atoms with Gasteiger partial charge in [0.1, 0.15) is 12.1 Å². The van der Waals surface area contributed by atoms with Crippen LogP contribution in [-0.4, -0.2) is 24.7 Å². The van der Waals surface area contributed by atoms with Gasteiger partial charge in [0.2, 0.25) is 0 Å². The first-order valence-corrected chi connectivity index (χ1v) is 6.73. The number of nitrogens with one attached hydrogen (secondary N) is 1. The van der Waals surface area contributed by atoms with Crippen molar-refractivity contribution in [3.8, 4) is 0 Å². The van der Waals surface area contributed by atoms with Gasteiger partial charge in [0.25, 0.3) is 0 Å². The third-order valence-corrected chi connectivity index (χ3v) is 4.74. The van der Waals surface area contributed by atoms with Crippen LogP contribution in [0.15, 0.2) is 18.2 Å². The maximum Gasteiger partial charge on any atom is 0.142 e. The van der Waals surface area contributed by atoms with Crippen LogP contribution in [0.25, 0.3) is 0 Å². The second kappa shape index (κ2) is 3.82. The summed E-state index contributed by atoms with van der Waals surface area (Å²) in [4.78, 5) is 1.58. The number of quaternary nitrogens is 1. The van der Waals surface area contributed by atoms with E-state index in [9.17, 15) is 5.11 Å². The summed E-state index contributed by atoms with van der Waals surface area (Å²) in [5.74, 6) is 0.474. The number of hydrogen-bond donors (Lipinski definition) is 2. The lowest BCUT2D eigenvalue weighted by molar-refractivity contribution is -0.927. The van der Waals surface area contributed by atoms with Crippen LogP contribution in [0.2, 0.25) is 0 Å². The second-order valence-electron chi connectivity index (χ2n) is 5.94. The lowest BCUT2D eigenvalue weighted by Gasteiger charge is -2.48. The number of aliphatic hydroxyl groups is 1. The Bertz CT molecular complexity index is 435. The maximum absolute atomic E-state index is 11.1. The summed E-state index contributed by atoms with van der Waals surface area (Å²) in [5, 5.41) is 11.1. The first-order valence-electron chi connectivity index (χ1n) is 6.73. The number of piperidine rings is 3. The minimum absolute atomic E-state index is 0.474. The third-order valence-electron chi connectivity index (χ3n) is 4.74. The van der Waals surface area contributed by atoms with Crippen LogP contribution < -0.4 is 4.90 Å². The summed E-state index contributed by atoms with van der Waals surface area (Å²) >= 11 is 0. The fourth-order valence-corrected chi connectivity index (χ4v) is 3.82. The standard InChI is InChI=1S/C15H21NO/c1-11-3-4-14(12(2)9-11)15(17)10-16-7-5-13(15)6-8-16/h3-4,9,13,17H,5-8,10H2,1-2H3/p+1/t15-/m1/s1. The van der Waals surface area contributed by atoms with Gasteiger partial charge in [-0.1, -0.05) is 23.8 Å². The van der Waals surface area contributed by atoms with Crippen LogP contribution >= 0.6 is 0 Å². The topological polar surface area (TPSA) is 24.7 Å². The molecule has 0 aliphatic carbocycles. The summed E-state index contributed by atoms with van der Waals surface area (Å²) in [6.45, 7) is 7.65. The summed E-state index contributed by atoms with van der Waals surface area (Å²) in [7, 11) is 0. The van der Waals surface area contributed by atoms with Crippen molar-refractivity contribution >= 4 is 0 Å². The fourth-order valence-electron chi connectivity index (χ4n) is 3.82. The van der Waals surface area contributed by atoms with Crippen LogP contribution in [0.5, 0.6) is 0 Å². The summed E-state index contributed by atoms with van der Waals surface area (Å²) in [6, 6.07) is 6.47. The Kier molecular flexibility index (Phi) is 2.53. The molecule has 17 heavy (non-hydrogen) atoms. The van der Waals surface area contributed by atoms with Gasteiger partial charge in [-0.2, -0.15) is 0 Å². The van der Waals surface area contributed by atoms with E-state index in [1.165, 1.54) is 42.6 Å². The Morgan fingerprint density at radius 1 is 1.24 bits per heavy atom. The molecule has 1 aromatic carbocycles. The molecule has 0 unspecified atom stereocenters. The van der Waals surface area contributed by atoms with Crippen molar-refractivity contribution in [1.82, 2.24) is 0 Å². The summed E-state index contributed by atoms with van der Waals surface area (Å²) in [6.07, 6.45) is 2.36. The zero-order chi connectivity index (χ0) is 12.0. The van der Waals surface area contributed by atoms with Crippen LogP contribution in [0.3, 0.4) is 0 Å². The molecule has 0 amide bonds. The highest BCUT2D eigenvalue weighted by Crippen LogP contribution is 2.38. The molecule has 0 spiro atoms. The van der Waals surface area contributed by atoms with Crippen molar-refractivity contribution in [2.45, 2.75) is 32.3 Å². The van der Waals surface area contributed by atoms with Crippen LogP contribution in [-0.2, 0) is 5.60 Å². The Labute approximate surface area is 103 Å². The van der Waals surface area contributed by atoms with Crippen LogP contribution in [0, 0.1) is 19.8 Å².